The molecule has 72 valence electrons. The van der Waals surface area contributed by atoms with Gasteiger partial charge in [0.25, 0.3) is 0 Å². The normalized spacial score (nSPS) is 12.5. The predicted octanol–water partition coefficient (Wildman–Crippen LogP) is 2.46. The molecule has 0 spiro atoms. The van der Waals surface area contributed by atoms with Crippen molar-refractivity contribution < 1.29 is 4.79 Å². The van der Waals surface area contributed by atoms with Crippen molar-refractivity contribution in [2.45, 2.75) is 25.2 Å². The minimum atomic E-state index is -0.119. The monoisotopic (exact) mass is 261 g/mol. The molecular formula is C9H12BrNOS. The van der Waals surface area contributed by atoms with Crippen molar-refractivity contribution in [3.05, 3.63) is 21.9 Å². The summed E-state index contributed by atoms with van der Waals surface area (Å²) in [5.41, 5.74) is 2.44. The molecule has 0 saturated heterocycles. The number of hydrogen-bond donors (Lipinski definition) is 1. The molecule has 0 aromatic carbocycles. The SMILES string of the molecule is Cc1cscc1CNC(=O)C(C)Br. The minimum absolute atomic E-state index is 0.0330. The van der Waals surface area contributed by atoms with Crippen LogP contribution in [0.4, 0.5) is 0 Å². The van der Waals surface area contributed by atoms with E-state index >= 15 is 0 Å². The Morgan fingerprint density at radius 2 is 2.38 bits per heavy atom. The van der Waals surface area contributed by atoms with E-state index in [0.29, 0.717) is 6.54 Å². The van der Waals surface area contributed by atoms with Gasteiger partial charge in [-0.25, -0.2) is 0 Å². The third-order valence-electron chi connectivity index (χ3n) is 1.78. The molecule has 1 N–H and O–H groups in total. The van der Waals surface area contributed by atoms with Crippen LogP contribution in [0, 0.1) is 6.92 Å². The van der Waals surface area contributed by atoms with Gasteiger partial charge in [-0.3, -0.25) is 4.79 Å². The molecule has 0 aliphatic rings. The molecular weight excluding hydrogens is 250 g/mol. The van der Waals surface area contributed by atoms with Crippen molar-refractivity contribution in [3.8, 4) is 0 Å². The average molecular weight is 262 g/mol. The van der Waals surface area contributed by atoms with E-state index in [1.54, 1.807) is 11.3 Å². The van der Waals surface area contributed by atoms with Gasteiger partial charge < -0.3 is 5.32 Å². The van der Waals surface area contributed by atoms with E-state index in [1.165, 1.54) is 11.1 Å². The summed E-state index contributed by atoms with van der Waals surface area (Å²) in [5.74, 6) is 0.0330. The smallest absolute Gasteiger partial charge is 0.233 e. The maximum Gasteiger partial charge on any atom is 0.233 e. The van der Waals surface area contributed by atoms with Gasteiger partial charge in [0, 0.05) is 6.54 Å². The van der Waals surface area contributed by atoms with Gasteiger partial charge in [-0.1, -0.05) is 15.9 Å². The highest BCUT2D eigenvalue weighted by Crippen LogP contribution is 2.13. The summed E-state index contributed by atoms with van der Waals surface area (Å²) < 4.78 is 0. The summed E-state index contributed by atoms with van der Waals surface area (Å²) in [6, 6.07) is 0. The number of alkyl halides is 1. The standard InChI is InChI=1S/C9H12BrNOS/c1-6-4-13-5-8(6)3-11-9(12)7(2)10/h4-5,7H,3H2,1-2H3,(H,11,12). The zero-order chi connectivity index (χ0) is 9.84. The van der Waals surface area contributed by atoms with E-state index in [9.17, 15) is 4.79 Å². The van der Waals surface area contributed by atoms with Gasteiger partial charge in [0.2, 0.25) is 5.91 Å². The molecule has 1 aromatic heterocycles. The number of halogens is 1. The molecule has 0 aliphatic heterocycles. The third-order valence-corrected chi connectivity index (χ3v) is 3.10. The molecule has 1 rings (SSSR count). The molecule has 1 aromatic rings. The van der Waals surface area contributed by atoms with Crippen LogP contribution in [-0.4, -0.2) is 10.7 Å². The van der Waals surface area contributed by atoms with E-state index in [4.69, 9.17) is 0 Å². The lowest BCUT2D eigenvalue weighted by atomic mass is 10.2. The molecule has 1 atom stereocenters. The van der Waals surface area contributed by atoms with E-state index < -0.39 is 0 Å². The fraction of sp³-hybridized carbons (Fsp3) is 0.444. The number of thiophene rings is 1. The van der Waals surface area contributed by atoms with Crippen LogP contribution in [0.3, 0.4) is 0 Å². The van der Waals surface area contributed by atoms with Crippen molar-refractivity contribution in [1.29, 1.82) is 0 Å². The first-order valence-corrected chi connectivity index (χ1v) is 5.90. The number of amides is 1. The highest BCUT2D eigenvalue weighted by Gasteiger charge is 2.08. The largest absolute Gasteiger partial charge is 0.351 e. The van der Waals surface area contributed by atoms with E-state index in [-0.39, 0.29) is 10.7 Å². The molecule has 0 bridgehead atoms. The Kier molecular flexibility index (Phi) is 3.93. The number of rotatable bonds is 3. The fourth-order valence-corrected chi connectivity index (χ4v) is 1.91. The molecule has 0 aliphatic carbocycles. The van der Waals surface area contributed by atoms with E-state index in [2.05, 4.69) is 38.9 Å². The molecule has 4 heteroatoms. The van der Waals surface area contributed by atoms with Crippen molar-refractivity contribution in [2.75, 3.05) is 0 Å². The Labute approximate surface area is 90.5 Å². The van der Waals surface area contributed by atoms with Gasteiger partial charge in [-0.05, 0) is 35.7 Å². The fourth-order valence-electron chi connectivity index (χ4n) is 0.891. The second-order valence-electron chi connectivity index (χ2n) is 2.91. The summed E-state index contributed by atoms with van der Waals surface area (Å²) in [7, 11) is 0. The summed E-state index contributed by atoms with van der Waals surface area (Å²) >= 11 is 4.88. The highest BCUT2D eigenvalue weighted by atomic mass is 79.9. The van der Waals surface area contributed by atoms with Crippen LogP contribution >= 0.6 is 27.3 Å². The number of nitrogens with one attached hydrogen (secondary N) is 1. The maximum absolute atomic E-state index is 11.2. The molecule has 1 unspecified atom stereocenters. The zero-order valence-electron chi connectivity index (χ0n) is 7.63. The molecule has 1 heterocycles. The summed E-state index contributed by atoms with van der Waals surface area (Å²) in [6.45, 7) is 4.50. The molecule has 0 radical (unpaired) electrons. The van der Waals surface area contributed by atoms with Crippen LogP contribution in [-0.2, 0) is 11.3 Å². The van der Waals surface area contributed by atoms with Crippen LogP contribution in [0.2, 0.25) is 0 Å². The van der Waals surface area contributed by atoms with Crippen LogP contribution in [0.5, 0.6) is 0 Å². The molecule has 0 saturated carbocycles. The quantitative estimate of drug-likeness (QED) is 0.833. The average Bonchev–Trinajstić information content (AvgIpc) is 2.47. The van der Waals surface area contributed by atoms with Crippen molar-refractivity contribution >= 4 is 33.2 Å². The van der Waals surface area contributed by atoms with Gasteiger partial charge in [-0.15, -0.1) is 0 Å². The second-order valence-corrected chi connectivity index (χ2v) is 5.03. The zero-order valence-corrected chi connectivity index (χ0v) is 10.0. The van der Waals surface area contributed by atoms with Gasteiger partial charge in [-0.2, -0.15) is 11.3 Å². The Hall–Kier alpha value is -0.350. The van der Waals surface area contributed by atoms with Crippen LogP contribution in [0.25, 0.3) is 0 Å². The third kappa shape index (κ3) is 3.12. The highest BCUT2D eigenvalue weighted by molar-refractivity contribution is 9.10. The Morgan fingerprint density at radius 1 is 1.69 bits per heavy atom. The Bertz CT molecular complexity index is 296. The maximum atomic E-state index is 11.2. The minimum Gasteiger partial charge on any atom is -0.351 e. The van der Waals surface area contributed by atoms with Crippen LogP contribution < -0.4 is 5.32 Å². The predicted molar refractivity (Wildman–Crippen MR) is 59.3 cm³/mol. The first-order valence-electron chi connectivity index (χ1n) is 4.04. The van der Waals surface area contributed by atoms with Gasteiger partial charge in [0.1, 0.15) is 0 Å². The van der Waals surface area contributed by atoms with Gasteiger partial charge >= 0.3 is 0 Å². The van der Waals surface area contributed by atoms with Crippen LogP contribution in [0.1, 0.15) is 18.1 Å². The summed E-state index contributed by atoms with van der Waals surface area (Å²) in [6.07, 6.45) is 0. The first-order chi connectivity index (χ1) is 6.11. The lowest BCUT2D eigenvalue weighted by Crippen LogP contribution is -2.28. The van der Waals surface area contributed by atoms with Gasteiger partial charge in [0.15, 0.2) is 0 Å². The lowest BCUT2D eigenvalue weighted by molar-refractivity contribution is -0.120. The van der Waals surface area contributed by atoms with E-state index in [0.717, 1.165) is 0 Å². The first kappa shape index (κ1) is 10.7. The molecule has 13 heavy (non-hydrogen) atoms. The van der Waals surface area contributed by atoms with Crippen molar-refractivity contribution in [3.63, 3.8) is 0 Å². The second kappa shape index (κ2) is 4.77. The molecule has 2 nitrogen and oxygen atoms in total. The Balaban J connectivity index is 2.44. The van der Waals surface area contributed by atoms with Gasteiger partial charge in [0.05, 0.1) is 4.83 Å². The summed E-state index contributed by atoms with van der Waals surface area (Å²) in [5, 5.41) is 6.99. The van der Waals surface area contributed by atoms with Crippen molar-refractivity contribution in [2.24, 2.45) is 0 Å². The summed E-state index contributed by atoms with van der Waals surface area (Å²) in [4.78, 5) is 11.1. The Morgan fingerprint density at radius 3 is 2.85 bits per heavy atom. The topological polar surface area (TPSA) is 29.1 Å². The number of carbonyl (C=O) groups is 1. The number of carbonyl (C=O) groups excluding carboxylic acids is 1. The number of aryl methyl sites for hydroxylation is 1. The van der Waals surface area contributed by atoms with Crippen molar-refractivity contribution in [1.82, 2.24) is 5.32 Å². The number of hydrogen-bond acceptors (Lipinski definition) is 2. The molecule has 0 fully saturated rings. The molecule has 1 amide bonds. The van der Waals surface area contributed by atoms with E-state index in [1.807, 2.05) is 6.92 Å². The lowest BCUT2D eigenvalue weighted by Gasteiger charge is -2.05. The van der Waals surface area contributed by atoms with Crippen LogP contribution in [0.15, 0.2) is 10.8 Å².